The number of methoxy groups -OCH3 is 2. The maximum absolute atomic E-state index is 13.6. The van der Waals surface area contributed by atoms with E-state index in [1.807, 2.05) is 38.1 Å². The Labute approximate surface area is 199 Å². The summed E-state index contributed by atoms with van der Waals surface area (Å²) in [4.78, 5) is 17.9. The lowest BCUT2D eigenvalue weighted by atomic mass is 9.94. The van der Waals surface area contributed by atoms with E-state index in [2.05, 4.69) is 36.6 Å². The highest BCUT2D eigenvalue weighted by atomic mass is 79.9. The van der Waals surface area contributed by atoms with Gasteiger partial charge >= 0.3 is 0 Å². The maximum Gasteiger partial charge on any atom is 0.255 e. The first-order chi connectivity index (χ1) is 16.0. The Morgan fingerprint density at radius 2 is 1.97 bits per heavy atom. The molecular formula is C23H24BrN5O4. The average molecular weight is 514 g/mol. The molecule has 172 valence electrons. The Bertz CT molecular complexity index is 1220. The SMILES string of the molecule is CCOc1c(Br)cc(C2C(C(=O)Nc3ccccc3OC)=C(C)Nc3ncnn32)cc1OC. The number of nitrogens with zero attached hydrogens (tertiary/aromatic N) is 3. The largest absolute Gasteiger partial charge is 0.495 e. The molecule has 3 aromatic rings. The number of benzene rings is 2. The van der Waals surface area contributed by atoms with Crippen LogP contribution in [0.3, 0.4) is 0 Å². The van der Waals surface area contributed by atoms with E-state index in [9.17, 15) is 4.79 Å². The van der Waals surface area contributed by atoms with Gasteiger partial charge in [-0.05, 0) is 59.6 Å². The van der Waals surface area contributed by atoms with Gasteiger partial charge < -0.3 is 24.8 Å². The van der Waals surface area contributed by atoms with Gasteiger partial charge in [0.15, 0.2) is 11.5 Å². The van der Waals surface area contributed by atoms with Crippen molar-refractivity contribution in [1.29, 1.82) is 0 Å². The fraction of sp³-hybridized carbons (Fsp3) is 0.261. The summed E-state index contributed by atoms with van der Waals surface area (Å²) in [5.74, 6) is 1.95. The molecule has 9 nitrogen and oxygen atoms in total. The van der Waals surface area contributed by atoms with Gasteiger partial charge in [0.2, 0.25) is 5.95 Å². The first-order valence-corrected chi connectivity index (χ1v) is 11.1. The topological polar surface area (TPSA) is 99.5 Å². The molecule has 2 aromatic carbocycles. The average Bonchev–Trinajstić information content (AvgIpc) is 3.27. The number of para-hydroxylation sites is 2. The molecule has 0 fully saturated rings. The molecule has 1 aliphatic rings. The van der Waals surface area contributed by atoms with E-state index < -0.39 is 6.04 Å². The second-order valence-corrected chi connectivity index (χ2v) is 8.07. The third-order valence-corrected chi connectivity index (χ3v) is 5.84. The Morgan fingerprint density at radius 3 is 2.70 bits per heavy atom. The molecule has 0 bridgehead atoms. The van der Waals surface area contributed by atoms with Crippen molar-refractivity contribution >= 4 is 33.5 Å². The lowest BCUT2D eigenvalue weighted by Gasteiger charge is -2.29. The third-order valence-electron chi connectivity index (χ3n) is 5.25. The highest BCUT2D eigenvalue weighted by molar-refractivity contribution is 9.10. The smallest absolute Gasteiger partial charge is 0.255 e. The molecule has 0 saturated heterocycles. The summed E-state index contributed by atoms with van der Waals surface area (Å²) < 4.78 is 19.1. The summed E-state index contributed by atoms with van der Waals surface area (Å²) in [5, 5.41) is 10.5. The number of hydrogen-bond donors (Lipinski definition) is 2. The monoisotopic (exact) mass is 513 g/mol. The van der Waals surface area contributed by atoms with Gasteiger partial charge in [-0.1, -0.05) is 12.1 Å². The summed E-state index contributed by atoms with van der Waals surface area (Å²) in [5.41, 5.74) is 2.49. The normalized spacial score (nSPS) is 14.9. The van der Waals surface area contributed by atoms with Crippen LogP contribution in [0, 0.1) is 0 Å². The van der Waals surface area contributed by atoms with Crippen molar-refractivity contribution in [3.05, 3.63) is 64.0 Å². The molecule has 1 amide bonds. The Balaban J connectivity index is 1.81. The number of carbonyl (C=O) groups is 1. The van der Waals surface area contributed by atoms with Gasteiger partial charge in [-0.25, -0.2) is 4.68 Å². The van der Waals surface area contributed by atoms with Crippen molar-refractivity contribution < 1.29 is 19.0 Å². The van der Waals surface area contributed by atoms with Crippen LogP contribution in [-0.2, 0) is 4.79 Å². The van der Waals surface area contributed by atoms with E-state index in [-0.39, 0.29) is 5.91 Å². The first-order valence-electron chi connectivity index (χ1n) is 10.3. The van der Waals surface area contributed by atoms with Crippen LogP contribution in [0.2, 0.25) is 0 Å². The van der Waals surface area contributed by atoms with Crippen LogP contribution in [0.25, 0.3) is 0 Å². The molecule has 0 spiro atoms. The molecule has 1 aromatic heterocycles. The minimum atomic E-state index is -0.556. The minimum absolute atomic E-state index is 0.292. The van der Waals surface area contributed by atoms with E-state index in [4.69, 9.17) is 14.2 Å². The van der Waals surface area contributed by atoms with Gasteiger partial charge in [0.25, 0.3) is 5.91 Å². The number of aromatic nitrogens is 3. The number of fused-ring (bicyclic) bond motifs is 1. The summed E-state index contributed by atoms with van der Waals surface area (Å²) in [6.07, 6.45) is 1.45. The van der Waals surface area contributed by atoms with Crippen LogP contribution in [0.1, 0.15) is 25.5 Å². The van der Waals surface area contributed by atoms with Crippen molar-refractivity contribution in [2.45, 2.75) is 19.9 Å². The zero-order valence-corrected chi connectivity index (χ0v) is 20.3. The summed E-state index contributed by atoms with van der Waals surface area (Å²) in [6.45, 7) is 4.23. The van der Waals surface area contributed by atoms with Crippen molar-refractivity contribution in [3.8, 4) is 17.2 Å². The number of hydrogen-bond acceptors (Lipinski definition) is 7. The van der Waals surface area contributed by atoms with Crippen LogP contribution in [0.15, 0.2) is 58.5 Å². The van der Waals surface area contributed by atoms with Gasteiger partial charge in [-0.2, -0.15) is 10.1 Å². The number of halogens is 1. The second kappa shape index (κ2) is 9.53. The second-order valence-electron chi connectivity index (χ2n) is 7.22. The lowest BCUT2D eigenvalue weighted by molar-refractivity contribution is -0.113. The molecule has 1 unspecified atom stereocenters. The van der Waals surface area contributed by atoms with Gasteiger partial charge in [-0.3, -0.25) is 4.79 Å². The summed E-state index contributed by atoms with van der Waals surface area (Å²) in [7, 11) is 3.14. The van der Waals surface area contributed by atoms with Crippen LogP contribution in [0.5, 0.6) is 17.2 Å². The number of ether oxygens (including phenoxy) is 3. The van der Waals surface area contributed by atoms with E-state index >= 15 is 0 Å². The highest BCUT2D eigenvalue weighted by Crippen LogP contribution is 2.42. The molecular weight excluding hydrogens is 490 g/mol. The van der Waals surface area contributed by atoms with Crippen LogP contribution in [-0.4, -0.2) is 41.5 Å². The minimum Gasteiger partial charge on any atom is -0.495 e. The molecule has 1 atom stereocenters. The molecule has 10 heteroatoms. The van der Waals surface area contributed by atoms with Crippen LogP contribution in [0.4, 0.5) is 11.6 Å². The van der Waals surface area contributed by atoms with Crippen molar-refractivity contribution in [2.24, 2.45) is 0 Å². The Kier molecular flexibility index (Phi) is 6.55. The summed E-state index contributed by atoms with van der Waals surface area (Å²) in [6, 6.07) is 10.4. The van der Waals surface area contributed by atoms with Crippen LogP contribution < -0.4 is 24.8 Å². The Morgan fingerprint density at radius 1 is 1.21 bits per heavy atom. The number of anilines is 2. The molecule has 0 aliphatic carbocycles. The summed E-state index contributed by atoms with van der Waals surface area (Å²) >= 11 is 3.58. The molecule has 2 heterocycles. The van der Waals surface area contributed by atoms with Crippen molar-refractivity contribution in [2.75, 3.05) is 31.5 Å². The van der Waals surface area contributed by atoms with Gasteiger partial charge in [0, 0.05) is 5.70 Å². The standard InChI is InChI=1S/C23H24BrN5O4/c1-5-33-21-15(24)10-14(11-18(21)32-4)20-19(13(2)27-23-25-12-26-29(20)23)22(30)28-16-8-6-7-9-17(16)31-3/h6-12,20H,5H2,1-4H3,(H,28,30)(H,25,26,27). The molecule has 0 saturated carbocycles. The van der Waals surface area contributed by atoms with E-state index in [0.29, 0.717) is 51.2 Å². The molecule has 2 N–H and O–H groups in total. The van der Waals surface area contributed by atoms with Crippen molar-refractivity contribution in [1.82, 2.24) is 14.8 Å². The maximum atomic E-state index is 13.6. The molecule has 0 radical (unpaired) electrons. The lowest BCUT2D eigenvalue weighted by Crippen LogP contribution is -2.31. The first kappa shape index (κ1) is 22.7. The zero-order chi connectivity index (χ0) is 23.5. The number of allylic oxidation sites excluding steroid dienone is 1. The molecule has 1 aliphatic heterocycles. The zero-order valence-electron chi connectivity index (χ0n) is 18.7. The Hall–Kier alpha value is -3.53. The van der Waals surface area contributed by atoms with Gasteiger partial charge in [0.1, 0.15) is 18.1 Å². The third kappa shape index (κ3) is 4.25. The number of carbonyl (C=O) groups excluding carboxylic acids is 1. The highest BCUT2D eigenvalue weighted by Gasteiger charge is 2.34. The van der Waals surface area contributed by atoms with E-state index in [0.717, 1.165) is 5.56 Å². The predicted molar refractivity (Wildman–Crippen MR) is 128 cm³/mol. The van der Waals surface area contributed by atoms with E-state index in [1.54, 1.807) is 31.0 Å². The quantitative estimate of drug-likeness (QED) is 0.483. The fourth-order valence-corrected chi connectivity index (χ4v) is 4.39. The molecule has 33 heavy (non-hydrogen) atoms. The number of amides is 1. The number of rotatable bonds is 7. The van der Waals surface area contributed by atoms with Gasteiger partial charge in [-0.15, -0.1) is 0 Å². The molecule has 4 rings (SSSR count). The fourth-order valence-electron chi connectivity index (χ4n) is 3.81. The van der Waals surface area contributed by atoms with Crippen molar-refractivity contribution in [3.63, 3.8) is 0 Å². The van der Waals surface area contributed by atoms with Crippen LogP contribution >= 0.6 is 15.9 Å². The predicted octanol–water partition coefficient (Wildman–Crippen LogP) is 4.38. The van der Waals surface area contributed by atoms with E-state index in [1.165, 1.54) is 6.33 Å². The van der Waals surface area contributed by atoms with Gasteiger partial charge in [0.05, 0.1) is 36.6 Å². The number of nitrogens with one attached hydrogen (secondary N) is 2.